The predicted molar refractivity (Wildman–Crippen MR) is 56.2 cm³/mol. The maximum atomic E-state index is 10.8. The highest BCUT2D eigenvalue weighted by Crippen LogP contribution is 2.32. The van der Waals surface area contributed by atoms with Gasteiger partial charge in [-0.25, -0.2) is 4.79 Å². The first-order valence-corrected chi connectivity index (χ1v) is 4.69. The number of carbonyl (C=O) groups is 1. The van der Waals surface area contributed by atoms with E-state index < -0.39 is 10.9 Å². The maximum absolute atomic E-state index is 10.8. The van der Waals surface area contributed by atoms with E-state index in [1.54, 1.807) is 6.92 Å². The Bertz CT molecular complexity index is 446. The number of rotatable bonds is 4. The molecule has 1 aromatic rings. The molecule has 16 heavy (non-hydrogen) atoms. The molecule has 0 aliphatic rings. The Morgan fingerprint density at radius 2 is 2.25 bits per heavy atom. The molecular formula is C9H8ClNO5. The van der Waals surface area contributed by atoms with Crippen molar-refractivity contribution >= 4 is 23.3 Å². The van der Waals surface area contributed by atoms with Gasteiger partial charge in [-0.05, 0) is 13.0 Å². The minimum absolute atomic E-state index is 0.0638. The summed E-state index contributed by atoms with van der Waals surface area (Å²) >= 11 is 5.58. The Kier molecular flexibility index (Phi) is 3.68. The normalized spacial score (nSPS) is 9.88. The number of carboxylic acids is 1. The second-order valence-corrected chi connectivity index (χ2v) is 3.20. The first-order valence-electron chi connectivity index (χ1n) is 4.31. The molecule has 0 bridgehead atoms. The SMILES string of the molecule is CCOc1cc([N+](=O)[O-])c(Cl)cc1C(=O)O. The molecular weight excluding hydrogens is 238 g/mol. The van der Waals surface area contributed by atoms with Crippen molar-refractivity contribution in [3.63, 3.8) is 0 Å². The summed E-state index contributed by atoms with van der Waals surface area (Å²) in [5.74, 6) is -1.31. The van der Waals surface area contributed by atoms with Gasteiger partial charge in [-0.3, -0.25) is 10.1 Å². The van der Waals surface area contributed by atoms with E-state index in [-0.39, 0.29) is 28.6 Å². The van der Waals surface area contributed by atoms with Gasteiger partial charge in [0.25, 0.3) is 5.69 Å². The van der Waals surface area contributed by atoms with Crippen molar-refractivity contribution in [3.8, 4) is 5.75 Å². The number of hydrogen-bond donors (Lipinski definition) is 1. The van der Waals surface area contributed by atoms with Crippen molar-refractivity contribution < 1.29 is 19.6 Å². The first kappa shape index (κ1) is 12.3. The number of nitro benzene ring substituents is 1. The molecule has 0 heterocycles. The van der Waals surface area contributed by atoms with Gasteiger partial charge < -0.3 is 9.84 Å². The van der Waals surface area contributed by atoms with Gasteiger partial charge in [-0.1, -0.05) is 11.6 Å². The minimum Gasteiger partial charge on any atom is -0.493 e. The molecule has 1 aromatic carbocycles. The fourth-order valence-electron chi connectivity index (χ4n) is 1.12. The summed E-state index contributed by atoms with van der Waals surface area (Å²) in [6, 6.07) is 2.02. The molecule has 86 valence electrons. The summed E-state index contributed by atoms with van der Waals surface area (Å²) in [4.78, 5) is 20.7. The van der Waals surface area contributed by atoms with Crippen LogP contribution in [0.2, 0.25) is 5.02 Å². The van der Waals surface area contributed by atoms with E-state index in [4.69, 9.17) is 21.4 Å². The van der Waals surface area contributed by atoms with E-state index in [1.807, 2.05) is 0 Å². The zero-order chi connectivity index (χ0) is 12.3. The van der Waals surface area contributed by atoms with Crippen LogP contribution in [0.5, 0.6) is 5.75 Å². The van der Waals surface area contributed by atoms with Gasteiger partial charge in [0.05, 0.1) is 17.6 Å². The lowest BCUT2D eigenvalue weighted by Crippen LogP contribution is -2.04. The van der Waals surface area contributed by atoms with Gasteiger partial charge in [0.2, 0.25) is 0 Å². The van der Waals surface area contributed by atoms with Crippen LogP contribution in [-0.2, 0) is 0 Å². The van der Waals surface area contributed by atoms with E-state index in [0.29, 0.717) is 0 Å². The third-order valence-electron chi connectivity index (χ3n) is 1.78. The second-order valence-electron chi connectivity index (χ2n) is 2.80. The quantitative estimate of drug-likeness (QED) is 0.649. The number of halogens is 1. The van der Waals surface area contributed by atoms with E-state index in [9.17, 15) is 14.9 Å². The highest BCUT2D eigenvalue weighted by atomic mass is 35.5. The molecule has 0 aliphatic carbocycles. The van der Waals surface area contributed by atoms with E-state index >= 15 is 0 Å². The van der Waals surface area contributed by atoms with Crippen LogP contribution < -0.4 is 4.74 Å². The van der Waals surface area contributed by atoms with Gasteiger partial charge in [-0.15, -0.1) is 0 Å². The summed E-state index contributed by atoms with van der Waals surface area (Å²) in [6.45, 7) is 1.85. The Balaban J connectivity index is 3.36. The van der Waals surface area contributed by atoms with E-state index in [2.05, 4.69) is 0 Å². The average molecular weight is 246 g/mol. The fraction of sp³-hybridized carbons (Fsp3) is 0.222. The lowest BCUT2D eigenvalue weighted by atomic mass is 10.2. The third-order valence-corrected chi connectivity index (χ3v) is 2.08. The van der Waals surface area contributed by atoms with Crippen LogP contribution in [0.4, 0.5) is 5.69 Å². The molecule has 0 radical (unpaired) electrons. The largest absolute Gasteiger partial charge is 0.493 e. The monoisotopic (exact) mass is 245 g/mol. The van der Waals surface area contributed by atoms with Gasteiger partial charge in [-0.2, -0.15) is 0 Å². The van der Waals surface area contributed by atoms with Crippen LogP contribution in [0.3, 0.4) is 0 Å². The molecule has 1 rings (SSSR count). The van der Waals surface area contributed by atoms with Crippen LogP contribution in [0, 0.1) is 10.1 Å². The van der Waals surface area contributed by atoms with Gasteiger partial charge >= 0.3 is 5.97 Å². The van der Waals surface area contributed by atoms with Crippen LogP contribution in [0.1, 0.15) is 17.3 Å². The molecule has 7 heteroatoms. The van der Waals surface area contributed by atoms with Crippen molar-refractivity contribution in [2.45, 2.75) is 6.92 Å². The average Bonchev–Trinajstić information content (AvgIpc) is 2.19. The Morgan fingerprint density at radius 1 is 1.62 bits per heavy atom. The molecule has 1 N–H and O–H groups in total. The second kappa shape index (κ2) is 4.80. The standard InChI is InChI=1S/C9H8ClNO5/c1-2-16-8-4-7(11(14)15)6(10)3-5(8)9(12)13/h3-4H,2H2,1H3,(H,12,13). The van der Waals surface area contributed by atoms with Gasteiger partial charge in [0.15, 0.2) is 0 Å². The van der Waals surface area contributed by atoms with E-state index in [1.165, 1.54) is 0 Å². The zero-order valence-electron chi connectivity index (χ0n) is 8.27. The smallest absolute Gasteiger partial charge is 0.339 e. The Morgan fingerprint density at radius 3 is 2.69 bits per heavy atom. The number of benzene rings is 1. The highest BCUT2D eigenvalue weighted by molar-refractivity contribution is 6.33. The van der Waals surface area contributed by atoms with Crippen molar-refractivity contribution in [3.05, 3.63) is 32.8 Å². The molecule has 0 atom stereocenters. The Labute approximate surface area is 95.6 Å². The first-order chi connectivity index (χ1) is 7.47. The summed E-state index contributed by atoms with van der Waals surface area (Å²) in [5.41, 5.74) is -0.576. The summed E-state index contributed by atoms with van der Waals surface area (Å²) in [7, 11) is 0. The summed E-state index contributed by atoms with van der Waals surface area (Å²) in [5, 5.41) is 19.2. The molecule has 0 spiro atoms. The summed E-state index contributed by atoms with van der Waals surface area (Å²) in [6.07, 6.45) is 0. The zero-order valence-corrected chi connectivity index (χ0v) is 9.02. The van der Waals surface area contributed by atoms with Crippen molar-refractivity contribution in [2.75, 3.05) is 6.61 Å². The number of nitro groups is 1. The van der Waals surface area contributed by atoms with Crippen molar-refractivity contribution in [1.82, 2.24) is 0 Å². The number of nitrogens with zero attached hydrogens (tertiary/aromatic N) is 1. The lowest BCUT2D eigenvalue weighted by molar-refractivity contribution is -0.384. The van der Waals surface area contributed by atoms with E-state index in [0.717, 1.165) is 12.1 Å². The van der Waals surface area contributed by atoms with Crippen molar-refractivity contribution in [1.29, 1.82) is 0 Å². The summed E-state index contributed by atoms with van der Waals surface area (Å²) < 4.78 is 5.00. The highest BCUT2D eigenvalue weighted by Gasteiger charge is 2.21. The topological polar surface area (TPSA) is 89.7 Å². The molecule has 6 nitrogen and oxygen atoms in total. The molecule has 0 unspecified atom stereocenters. The van der Waals surface area contributed by atoms with Crippen LogP contribution in [0.15, 0.2) is 12.1 Å². The number of hydrogen-bond acceptors (Lipinski definition) is 4. The molecule has 0 aromatic heterocycles. The molecule has 0 fully saturated rings. The number of aromatic carboxylic acids is 1. The number of ether oxygens (including phenoxy) is 1. The minimum atomic E-state index is -1.25. The maximum Gasteiger partial charge on any atom is 0.339 e. The van der Waals surface area contributed by atoms with Crippen LogP contribution in [0.25, 0.3) is 0 Å². The molecule has 0 saturated heterocycles. The van der Waals surface area contributed by atoms with Gasteiger partial charge in [0.1, 0.15) is 16.3 Å². The third kappa shape index (κ3) is 2.40. The Hall–Kier alpha value is -1.82. The molecule has 0 amide bonds. The number of carboxylic acid groups (broad SMARTS) is 1. The predicted octanol–water partition coefficient (Wildman–Crippen LogP) is 2.35. The van der Waals surface area contributed by atoms with Crippen LogP contribution >= 0.6 is 11.6 Å². The van der Waals surface area contributed by atoms with Crippen LogP contribution in [-0.4, -0.2) is 22.6 Å². The van der Waals surface area contributed by atoms with Gasteiger partial charge in [0, 0.05) is 0 Å². The fourth-order valence-corrected chi connectivity index (χ4v) is 1.36. The lowest BCUT2D eigenvalue weighted by Gasteiger charge is -2.07. The molecule has 0 saturated carbocycles. The molecule has 0 aliphatic heterocycles. The van der Waals surface area contributed by atoms with Crippen molar-refractivity contribution in [2.24, 2.45) is 0 Å².